The van der Waals surface area contributed by atoms with Gasteiger partial charge in [0.25, 0.3) is 0 Å². The maximum absolute atomic E-state index is 11.9. The molecule has 0 radical (unpaired) electrons. The highest BCUT2D eigenvalue weighted by Crippen LogP contribution is 2.18. The normalized spacial score (nSPS) is 10.7. The lowest BCUT2D eigenvalue weighted by atomic mass is 10.0. The zero-order valence-corrected chi connectivity index (χ0v) is 14.9. The number of carbonyl (C=O) groups excluding carboxylic acids is 2. The second kappa shape index (κ2) is 8.54. The molecule has 0 aliphatic rings. The van der Waals surface area contributed by atoms with Crippen LogP contribution in [-0.2, 0) is 16.0 Å². The summed E-state index contributed by atoms with van der Waals surface area (Å²) in [5, 5.41) is 14.6. The van der Waals surface area contributed by atoms with Crippen LogP contribution in [0, 0.1) is 0 Å². The minimum atomic E-state index is -0.237. The predicted molar refractivity (Wildman–Crippen MR) is 96.3 cm³/mol. The molecule has 6 nitrogen and oxygen atoms in total. The maximum Gasteiger partial charge on any atom is 0.226 e. The summed E-state index contributed by atoms with van der Waals surface area (Å²) in [7, 11) is 0. The van der Waals surface area contributed by atoms with Crippen molar-refractivity contribution in [3.05, 3.63) is 34.8 Å². The van der Waals surface area contributed by atoms with E-state index in [1.54, 1.807) is 0 Å². The van der Waals surface area contributed by atoms with Crippen LogP contribution in [0.3, 0.4) is 0 Å². The number of anilines is 2. The van der Waals surface area contributed by atoms with Crippen molar-refractivity contribution >= 4 is 34.0 Å². The van der Waals surface area contributed by atoms with Gasteiger partial charge in [-0.3, -0.25) is 9.59 Å². The van der Waals surface area contributed by atoms with Gasteiger partial charge < -0.3 is 10.6 Å². The summed E-state index contributed by atoms with van der Waals surface area (Å²) in [5.41, 5.74) is 1.96. The van der Waals surface area contributed by atoms with Gasteiger partial charge in [-0.2, -0.15) is 0 Å². The van der Waals surface area contributed by atoms with E-state index >= 15 is 0 Å². The summed E-state index contributed by atoms with van der Waals surface area (Å²) in [6.45, 7) is 6.21. The quantitative estimate of drug-likeness (QED) is 0.802. The molecule has 2 aromatic rings. The molecule has 0 unspecified atom stereocenters. The van der Waals surface area contributed by atoms with Crippen molar-refractivity contribution in [1.29, 1.82) is 0 Å². The van der Waals surface area contributed by atoms with Gasteiger partial charge in [-0.25, -0.2) is 0 Å². The molecule has 2 rings (SSSR count). The Morgan fingerprint density at radius 2 is 1.67 bits per heavy atom. The van der Waals surface area contributed by atoms with E-state index < -0.39 is 0 Å². The van der Waals surface area contributed by atoms with Crippen LogP contribution in [0.1, 0.15) is 50.1 Å². The molecule has 0 aliphatic carbocycles. The number of hydrogen-bond donors (Lipinski definition) is 2. The number of nitrogens with zero attached hydrogens (tertiary/aromatic N) is 2. The Labute approximate surface area is 145 Å². The Balaban J connectivity index is 1.76. The fourth-order valence-corrected chi connectivity index (χ4v) is 2.73. The zero-order valence-electron chi connectivity index (χ0n) is 14.1. The molecule has 7 heteroatoms. The molecule has 128 valence electrons. The largest absolute Gasteiger partial charge is 0.326 e. The molecule has 0 saturated carbocycles. The first-order valence-corrected chi connectivity index (χ1v) is 8.81. The highest BCUT2D eigenvalue weighted by molar-refractivity contribution is 7.15. The van der Waals surface area contributed by atoms with Crippen molar-refractivity contribution in [3.8, 4) is 0 Å². The Kier molecular flexibility index (Phi) is 6.43. The lowest BCUT2D eigenvalue weighted by Crippen LogP contribution is -2.17. The highest BCUT2D eigenvalue weighted by Gasteiger charge is 2.10. The summed E-state index contributed by atoms with van der Waals surface area (Å²) in [4.78, 5) is 23.8. The number of carbonyl (C=O) groups is 2. The fraction of sp³-hybridized carbons (Fsp3) is 0.412. The average Bonchev–Trinajstić information content (AvgIpc) is 3.01. The number of aryl methyl sites for hydroxylation is 1. The molecule has 0 aliphatic heterocycles. The van der Waals surface area contributed by atoms with Gasteiger partial charge >= 0.3 is 0 Å². The van der Waals surface area contributed by atoms with E-state index in [2.05, 4.69) is 34.7 Å². The molecule has 1 heterocycles. The van der Waals surface area contributed by atoms with Crippen LogP contribution in [0.5, 0.6) is 0 Å². The van der Waals surface area contributed by atoms with E-state index in [0.717, 1.165) is 17.1 Å². The molecule has 0 fully saturated rings. The molecular formula is C17H22N4O2S. The summed E-state index contributed by atoms with van der Waals surface area (Å²) in [6, 6.07) is 7.74. The number of rotatable bonds is 7. The van der Waals surface area contributed by atoms with Crippen molar-refractivity contribution in [2.75, 3.05) is 10.6 Å². The first kappa shape index (κ1) is 18.1. The van der Waals surface area contributed by atoms with Crippen LogP contribution < -0.4 is 10.6 Å². The van der Waals surface area contributed by atoms with Gasteiger partial charge in [0.1, 0.15) is 5.01 Å². The van der Waals surface area contributed by atoms with Crippen molar-refractivity contribution in [2.45, 2.75) is 46.0 Å². The molecule has 0 atom stereocenters. The molecule has 2 amide bonds. The predicted octanol–water partition coefficient (Wildman–Crippen LogP) is 3.58. The van der Waals surface area contributed by atoms with E-state index in [0.29, 0.717) is 11.0 Å². The van der Waals surface area contributed by atoms with Crippen molar-refractivity contribution in [3.63, 3.8) is 0 Å². The number of benzene rings is 1. The highest BCUT2D eigenvalue weighted by atomic mass is 32.1. The van der Waals surface area contributed by atoms with Crippen LogP contribution in [0.2, 0.25) is 0 Å². The number of amides is 2. The first-order chi connectivity index (χ1) is 11.5. The minimum absolute atomic E-state index is 0.108. The van der Waals surface area contributed by atoms with Gasteiger partial charge in [0.2, 0.25) is 16.9 Å². The van der Waals surface area contributed by atoms with Crippen molar-refractivity contribution < 1.29 is 9.59 Å². The first-order valence-electron chi connectivity index (χ1n) is 8.00. The monoisotopic (exact) mass is 346 g/mol. The second-order valence-corrected chi connectivity index (χ2v) is 6.79. The summed E-state index contributed by atoms with van der Waals surface area (Å²) < 4.78 is 0. The minimum Gasteiger partial charge on any atom is -0.326 e. The number of aromatic nitrogens is 2. The summed E-state index contributed by atoms with van der Waals surface area (Å²) in [5.74, 6) is 0.0279. The van der Waals surface area contributed by atoms with E-state index in [9.17, 15) is 9.59 Å². The van der Waals surface area contributed by atoms with Crippen LogP contribution in [0.15, 0.2) is 24.3 Å². The SMILES string of the molecule is CCc1nnc(NC(=O)CCC(=O)Nc2ccc(C(C)C)cc2)s1. The lowest BCUT2D eigenvalue weighted by molar-refractivity contribution is -0.121. The fourth-order valence-electron chi connectivity index (χ4n) is 2.03. The van der Waals surface area contributed by atoms with Crippen molar-refractivity contribution in [2.24, 2.45) is 0 Å². The van der Waals surface area contributed by atoms with E-state index in [-0.39, 0.29) is 24.7 Å². The lowest BCUT2D eigenvalue weighted by Gasteiger charge is -2.08. The van der Waals surface area contributed by atoms with Crippen molar-refractivity contribution in [1.82, 2.24) is 10.2 Å². The molecule has 2 N–H and O–H groups in total. The Hall–Kier alpha value is -2.28. The van der Waals surface area contributed by atoms with Gasteiger partial charge in [-0.05, 0) is 30.0 Å². The molecule has 0 spiro atoms. The smallest absolute Gasteiger partial charge is 0.226 e. The van der Waals surface area contributed by atoms with Gasteiger partial charge in [-0.15, -0.1) is 10.2 Å². The molecule has 1 aromatic heterocycles. The second-order valence-electron chi connectivity index (χ2n) is 5.73. The van der Waals surface area contributed by atoms with E-state index in [1.165, 1.54) is 16.9 Å². The van der Waals surface area contributed by atoms with Gasteiger partial charge in [0.15, 0.2) is 0 Å². The third-order valence-corrected chi connectivity index (χ3v) is 4.44. The molecular weight excluding hydrogens is 324 g/mol. The van der Waals surface area contributed by atoms with Crippen LogP contribution in [0.4, 0.5) is 10.8 Å². The molecule has 24 heavy (non-hydrogen) atoms. The van der Waals surface area contributed by atoms with E-state index in [4.69, 9.17) is 0 Å². The van der Waals surface area contributed by atoms with E-state index in [1.807, 2.05) is 31.2 Å². The zero-order chi connectivity index (χ0) is 17.5. The van der Waals surface area contributed by atoms with Crippen LogP contribution in [-0.4, -0.2) is 22.0 Å². The average molecular weight is 346 g/mol. The molecule has 0 bridgehead atoms. The maximum atomic E-state index is 11.9. The van der Waals surface area contributed by atoms with Crippen LogP contribution in [0.25, 0.3) is 0 Å². The third kappa shape index (κ3) is 5.42. The molecule has 0 saturated heterocycles. The molecule has 1 aromatic carbocycles. The topological polar surface area (TPSA) is 84.0 Å². The number of hydrogen-bond acceptors (Lipinski definition) is 5. The Morgan fingerprint density at radius 1 is 1.04 bits per heavy atom. The summed E-state index contributed by atoms with van der Waals surface area (Å²) >= 11 is 1.35. The van der Waals surface area contributed by atoms with Gasteiger partial charge in [-0.1, -0.05) is 44.2 Å². The standard InChI is InChI=1S/C17H22N4O2S/c1-4-16-20-21-17(24-16)19-15(23)10-9-14(22)18-13-7-5-12(6-8-13)11(2)3/h5-8,11H,4,9-10H2,1-3H3,(H,18,22)(H,19,21,23). The third-order valence-electron chi connectivity index (χ3n) is 3.46. The Morgan fingerprint density at radius 3 is 2.21 bits per heavy atom. The number of nitrogens with one attached hydrogen (secondary N) is 2. The van der Waals surface area contributed by atoms with Gasteiger partial charge in [0.05, 0.1) is 0 Å². The Bertz CT molecular complexity index is 695. The van der Waals surface area contributed by atoms with Gasteiger partial charge in [0, 0.05) is 18.5 Å². The summed E-state index contributed by atoms with van der Waals surface area (Å²) in [6.07, 6.45) is 1.01. The van der Waals surface area contributed by atoms with Crippen LogP contribution >= 0.6 is 11.3 Å².